The highest BCUT2D eigenvalue weighted by Crippen LogP contribution is 2.29. The molecule has 1 heterocycles. The summed E-state index contributed by atoms with van der Waals surface area (Å²) in [6.07, 6.45) is 2.79. The van der Waals surface area contributed by atoms with E-state index < -0.39 is 11.5 Å². The molecule has 14 heavy (non-hydrogen) atoms. The van der Waals surface area contributed by atoms with E-state index in [2.05, 4.69) is 22.5 Å². The third kappa shape index (κ3) is 2.36. The monoisotopic (exact) mass is 261 g/mol. The topological polar surface area (TPSA) is 40.5 Å². The standard InChI is InChI=1S/C10H16BrNO2/c1-8(11)7-12-6-4-3-5-10(12,2)9(13)14/h1,3-7H2,2H3,(H,13,14). The fourth-order valence-corrected chi connectivity index (χ4v) is 2.18. The lowest BCUT2D eigenvalue weighted by Gasteiger charge is -2.41. The van der Waals surface area contributed by atoms with E-state index in [4.69, 9.17) is 0 Å². The van der Waals surface area contributed by atoms with Crippen LogP contribution in [0.3, 0.4) is 0 Å². The molecule has 1 N–H and O–H groups in total. The maximum absolute atomic E-state index is 11.2. The lowest BCUT2D eigenvalue weighted by molar-refractivity contribution is -0.152. The highest BCUT2D eigenvalue weighted by atomic mass is 79.9. The number of carbonyl (C=O) groups is 1. The van der Waals surface area contributed by atoms with Gasteiger partial charge in [0, 0.05) is 11.0 Å². The van der Waals surface area contributed by atoms with Crippen LogP contribution in [0.25, 0.3) is 0 Å². The van der Waals surface area contributed by atoms with Gasteiger partial charge in [0.2, 0.25) is 0 Å². The van der Waals surface area contributed by atoms with Gasteiger partial charge in [-0.3, -0.25) is 9.69 Å². The molecule has 0 radical (unpaired) electrons. The molecule has 1 fully saturated rings. The van der Waals surface area contributed by atoms with Crippen molar-refractivity contribution < 1.29 is 9.90 Å². The molecule has 1 unspecified atom stereocenters. The van der Waals surface area contributed by atoms with Gasteiger partial charge < -0.3 is 5.11 Å². The summed E-state index contributed by atoms with van der Waals surface area (Å²) in [7, 11) is 0. The highest BCUT2D eigenvalue weighted by molar-refractivity contribution is 9.11. The molecule has 1 rings (SSSR count). The predicted molar refractivity (Wildman–Crippen MR) is 59.5 cm³/mol. The summed E-state index contributed by atoms with van der Waals surface area (Å²) in [6, 6.07) is 0. The van der Waals surface area contributed by atoms with Gasteiger partial charge in [-0.2, -0.15) is 0 Å². The molecule has 0 saturated carbocycles. The lowest BCUT2D eigenvalue weighted by Crippen LogP contribution is -2.55. The normalized spacial score (nSPS) is 28.7. The first-order chi connectivity index (χ1) is 6.47. The molecule has 0 aliphatic carbocycles. The maximum atomic E-state index is 11.2. The fourth-order valence-electron chi connectivity index (χ4n) is 1.88. The Morgan fingerprint density at radius 2 is 2.29 bits per heavy atom. The first kappa shape index (κ1) is 11.7. The van der Waals surface area contributed by atoms with Crippen molar-refractivity contribution >= 4 is 21.9 Å². The van der Waals surface area contributed by atoms with E-state index in [0.29, 0.717) is 6.54 Å². The number of halogens is 1. The smallest absolute Gasteiger partial charge is 0.323 e. The van der Waals surface area contributed by atoms with Gasteiger partial charge in [-0.1, -0.05) is 22.5 Å². The van der Waals surface area contributed by atoms with E-state index in [1.165, 1.54) is 0 Å². The predicted octanol–water partition coefficient (Wildman–Crippen LogP) is 2.22. The number of rotatable bonds is 3. The van der Waals surface area contributed by atoms with E-state index in [1.54, 1.807) is 6.92 Å². The van der Waals surface area contributed by atoms with Crippen LogP contribution in [0.5, 0.6) is 0 Å². The molecule has 1 aliphatic heterocycles. The van der Waals surface area contributed by atoms with Gasteiger partial charge in [-0.05, 0) is 32.7 Å². The van der Waals surface area contributed by atoms with Crippen molar-refractivity contribution in [1.29, 1.82) is 0 Å². The molecule has 80 valence electrons. The molecule has 0 aromatic rings. The van der Waals surface area contributed by atoms with Crippen molar-refractivity contribution in [2.24, 2.45) is 0 Å². The summed E-state index contributed by atoms with van der Waals surface area (Å²) in [5.74, 6) is -0.731. The first-order valence-corrected chi connectivity index (χ1v) is 5.58. The number of nitrogens with zero attached hydrogens (tertiary/aromatic N) is 1. The Balaban J connectivity index is 2.77. The van der Waals surface area contributed by atoms with E-state index in [9.17, 15) is 9.90 Å². The van der Waals surface area contributed by atoms with Crippen LogP contribution < -0.4 is 0 Å². The van der Waals surface area contributed by atoms with Gasteiger partial charge in [-0.25, -0.2) is 0 Å². The summed E-state index contributed by atoms with van der Waals surface area (Å²) >= 11 is 3.28. The number of hydrogen-bond donors (Lipinski definition) is 1. The molecule has 1 aliphatic rings. The zero-order valence-corrected chi connectivity index (χ0v) is 10.0. The first-order valence-electron chi connectivity index (χ1n) is 4.78. The van der Waals surface area contributed by atoms with Crippen LogP contribution in [-0.4, -0.2) is 34.6 Å². The molecule has 0 amide bonds. The molecule has 1 saturated heterocycles. The van der Waals surface area contributed by atoms with Crippen LogP contribution in [0.15, 0.2) is 11.1 Å². The van der Waals surface area contributed by atoms with Crippen molar-refractivity contribution in [3.8, 4) is 0 Å². The van der Waals surface area contributed by atoms with E-state index in [1.807, 2.05) is 4.90 Å². The Kier molecular flexibility index (Phi) is 3.72. The Morgan fingerprint density at radius 3 is 2.79 bits per heavy atom. The molecular formula is C10H16BrNO2. The SMILES string of the molecule is C=C(Br)CN1CCCCC1(C)C(=O)O. The average molecular weight is 262 g/mol. The van der Waals surface area contributed by atoms with Crippen molar-refractivity contribution in [2.75, 3.05) is 13.1 Å². The number of likely N-dealkylation sites (tertiary alicyclic amines) is 1. The molecule has 3 nitrogen and oxygen atoms in total. The van der Waals surface area contributed by atoms with Crippen molar-refractivity contribution in [2.45, 2.75) is 31.7 Å². The fraction of sp³-hybridized carbons (Fsp3) is 0.700. The Morgan fingerprint density at radius 1 is 1.64 bits per heavy atom. The number of carboxylic acid groups (broad SMARTS) is 1. The van der Waals surface area contributed by atoms with Crippen molar-refractivity contribution in [1.82, 2.24) is 4.90 Å². The third-order valence-corrected chi connectivity index (χ3v) is 3.11. The zero-order chi connectivity index (χ0) is 10.8. The second-order valence-corrected chi connectivity index (χ2v) is 5.10. The molecule has 0 spiro atoms. The zero-order valence-electron chi connectivity index (χ0n) is 8.42. The van der Waals surface area contributed by atoms with Crippen molar-refractivity contribution in [3.63, 3.8) is 0 Å². The molecule has 1 atom stereocenters. The largest absolute Gasteiger partial charge is 0.480 e. The summed E-state index contributed by atoms with van der Waals surface area (Å²) < 4.78 is 0.840. The van der Waals surface area contributed by atoms with Crippen LogP contribution in [-0.2, 0) is 4.79 Å². The highest BCUT2D eigenvalue weighted by Gasteiger charge is 2.40. The minimum atomic E-state index is -0.731. The number of piperidine rings is 1. The van der Waals surface area contributed by atoms with Crippen LogP contribution in [0.4, 0.5) is 0 Å². The van der Waals surface area contributed by atoms with Crippen molar-refractivity contribution in [3.05, 3.63) is 11.1 Å². The number of carboxylic acids is 1. The molecule has 4 heteroatoms. The summed E-state index contributed by atoms with van der Waals surface area (Å²) in [6.45, 7) is 7.01. The maximum Gasteiger partial charge on any atom is 0.323 e. The molecule has 0 aromatic carbocycles. The second-order valence-electron chi connectivity index (χ2n) is 3.97. The van der Waals surface area contributed by atoms with Gasteiger partial charge in [0.05, 0.1) is 0 Å². The Labute approximate surface area is 92.9 Å². The minimum Gasteiger partial charge on any atom is -0.480 e. The summed E-state index contributed by atoms with van der Waals surface area (Å²) in [5, 5.41) is 9.19. The van der Waals surface area contributed by atoms with Gasteiger partial charge >= 0.3 is 5.97 Å². The molecular weight excluding hydrogens is 246 g/mol. The Bertz CT molecular complexity index is 255. The van der Waals surface area contributed by atoms with E-state index in [-0.39, 0.29) is 0 Å². The van der Waals surface area contributed by atoms with Crippen LogP contribution in [0, 0.1) is 0 Å². The molecule has 0 aromatic heterocycles. The number of hydrogen-bond acceptors (Lipinski definition) is 2. The van der Waals surface area contributed by atoms with Gasteiger partial charge in [0.1, 0.15) is 5.54 Å². The summed E-state index contributed by atoms with van der Waals surface area (Å²) in [5.41, 5.74) is -0.713. The van der Waals surface area contributed by atoms with Crippen LogP contribution in [0.2, 0.25) is 0 Å². The van der Waals surface area contributed by atoms with Gasteiger partial charge in [0.25, 0.3) is 0 Å². The number of aliphatic carboxylic acids is 1. The quantitative estimate of drug-likeness (QED) is 0.847. The lowest BCUT2D eigenvalue weighted by atomic mass is 9.88. The minimum absolute atomic E-state index is 0.614. The van der Waals surface area contributed by atoms with E-state index >= 15 is 0 Å². The van der Waals surface area contributed by atoms with Crippen LogP contribution in [0.1, 0.15) is 26.2 Å². The Hall–Kier alpha value is -0.350. The van der Waals surface area contributed by atoms with Gasteiger partial charge in [-0.15, -0.1) is 0 Å². The molecule has 0 bridgehead atoms. The van der Waals surface area contributed by atoms with E-state index in [0.717, 1.165) is 30.3 Å². The average Bonchev–Trinajstić information content (AvgIpc) is 2.08. The van der Waals surface area contributed by atoms with Crippen LogP contribution >= 0.6 is 15.9 Å². The van der Waals surface area contributed by atoms with Gasteiger partial charge in [0.15, 0.2) is 0 Å². The third-order valence-electron chi connectivity index (χ3n) is 2.86. The second kappa shape index (κ2) is 4.45. The summed E-state index contributed by atoms with van der Waals surface area (Å²) in [4.78, 5) is 13.2.